The molecule has 4 aromatic rings. The van der Waals surface area contributed by atoms with Gasteiger partial charge in [0, 0.05) is 36.1 Å². The van der Waals surface area contributed by atoms with Crippen LogP contribution < -0.4 is 15.5 Å². The summed E-state index contributed by atoms with van der Waals surface area (Å²) in [5.74, 6) is -0.190. The molecule has 212 valence electrons. The number of carbonyl (C=O) groups excluding carboxylic acids is 1. The first-order chi connectivity index (χ1) is 19.7. The summed E-state index contributed by atoms with van der Waals surface area (Å²) in [7, 11) is 1.51. The quantitative estimate of drug-likeness (QED) is 0.239. The summed E-state index contributed by atoms with van der Waals surface area (Å²) in [4.78, 5) is 19.1. The van der Waals surface area contributed by atoms with Gasteiger partial charge in [-0.15, -0.1) is 0 Å². The molecule has 1 amide bonds. The molecule has 2 aromatic heterocycles. The van der Waals surface area contributed by atoms with Crippen molar-refractivity contribution < 1.29 is 9.53 Å². The van der Waals surface area contributed by atoms with Crippen molar-refractivity contribution in [3.05, 3.63) is 106 Å². The normalized spacial score (nSPS) is 16.6. The Kier molecular flexibility index (Phi) is 8.24. The number of amides is 1. The number of para-hydroxylation sites is 1. The summed E-state index contributed by atoms with van der Waals surface area (Å²) in [6, 6.07) is 20.5. The molecule has 0 saturated carbocycles. The van der Waals surface area contributed by atoms with Crippen LogP contribution in [-0.2, 0) is 16.0 Å². The first kappa shape index (κ1) is 28.5. The average molecular weight is 568 g/mol. The fraction of sp³-hybridized carbons (Fsp3) is 0.303. The molecular formula is C33H37N5O2S. The zero-order chi connectivity index (χ0) is 29.3. The molecule has 1 saturated heterocycles. The van der Waals surface area contributed by atoms with Crippen LogP contribution in [0.4, 0.5) is 11.4 Å². The highest BCUT2D eigenvalue weighted by atomic mass is 32.1. The van der Waals surface area contributed by atoms with E-state index >= 15 is 0 Å². The van der Waals surface area contributed by atoms with Crippen molar-refractivity contribution in [1.82, 2.24) is 14.9 Å². The van der Waals surface area contributed by atoms with Crippen LogP contribution in [-0.4, -0.2) is 34.3 Å². The van der Waals surface area contributed by atoms with Crippen molar-refractivity contribution in [3.8, 4) is 5.69 Å². The van der Waals surface area contributed by atoms with Gasteiger partial charge in [-0.3, -0.25) is 9.78 Å². The molecule has 8 heteroatoms. The van der Waals surface area contributed by atoms with Gasteiger partial charge in [0.2, 0.25) is 5.91 Å². The Labute approximate surface area is 247 Å². The number of pyridine rings is 1. The number of thiocarbonyl (C=S) groups is 1. The first-order valence-corrected chi connectivity index (χ1v) is 14.3. The van der Waals surface area contributed by atoms with Gasteiger partial charge in [-0.2, -0.15) is 0 Å². The highest BCUT2D eigenvalue weighted by Crippen LogP contribution is 2.44. The summed E-state index contributed by atoms with van der Waals surface area (Å²) in [6.07, 6.45) is 2.78. The Hall–Kier alpha value is -4.01. The molecule has 2 N–H and O–H groups in total. The largest absolute Gasteiger partial charge is 0.375 e. The van der Waals surface area contributed by atoms with Crippen LogP contribution >= 0.6 is 12.2 Å². The van der Waals surface area contributed by atoms with E-state index in [9.17, 15) is 4.79 Å². The Morgan fingerprint density at radius 2 is 1.85 bits per heavy atom. The zero-order valence-electron chi connectivity index (χ0n) is 24.5. The second-order valence-electron chi connectivity index (χ2n) is 10.6. The predicted octanol–water partition coefficient (Wildman–Crippen LogP) is 6.43. The number of anilines is 2. The Bertz CT molecular complexity index is 1600. The molecule has 1 aliphatic rings. The van der Waals surface area contributed by atoms with E-state index < -0.39 is 0 Å². The molecule has 1 fully saturated rings. The standard InChI is InChI=1S/C33H37N5O2S/c1-7-24-12-10-11-20(2)31(24)37-22(4)18-26(23(37)5)32-30(28-13-8-9-16-34-28)36-33(41)38(32)25-14-15-27(21(3)17-25)35-29(39)19-40-6/h8-18,30,32H,7,19H2,1-6H3,(H,35,39)(H,36,41)/t30-,32+/m1/s1. The monoisotopic (exact) mass is 567 g/mol. The van der Waals surface area contributed by atoms with E-state index in [-0.39, 0.29) is 24.6 Å². The minimum absolute atomic E-state index is 0.00536. The van der Waals surface area contributed by atoms with E-state index in [1.54, 1.807) is 0 Å². The maximum atomic E-state index is 12.2. The van der Waals surface area contributed by atoms with Crippen LogP contribution in [0.15, 0.2) is 66.9 Å². The molecule has 1 aliphatic heterocycles. The van der Waals surface area contributed by atoms with Gasteiger partial charge in [-0.25, -0.2) is 0 Å². The van der Waals surface area contributed by atoms with Crippen LogP contribution in [0, 0.1) is 27.7 Å². The number of benzene rings is 2. The smallest absolute Gasteiger partial charge is 0.250 e. The summed E-state index contributed by atoms with van der Waals surface area (Å²) in [5.41, 5.74) is 10.9. The number of nitrogens with one attached hydrogen (secondary N) is 2. The van der Waals surface area contributed by atoms with E-state index in [4.69, 9.17) is 21.9 Å². The van der Waals surface area contributed by atoms with Gasteiger partial charge in [-0.1, -0.05) is 31.2 Å². The van der Waals surface area contributed by atoms with Crippen molar-refractivity contribution in [2.24, 2.45) is 0 Å². The van der Waals surface area contributed by atoms with Crippen LogP contribution in [0.2, 0.25) is 0 Å². The Morgan fingerprint density at radius 3 is 2.54 bits per heavy atom. The summed E-state index contributed by atoms with van der Waals surface area (Å²) in [5, 5.41) is 7.14. The summed E-state index contributed by atoms with van der Waals surface area (Å²) in [6.45, 7) is 10.7. The maximum Gasteiger partial charge on any atom is 0.250 e. The van der Waals surface area contributed by atoms with Gasteiger partial charge >= 0.3 is 0 Å². The number of carbonyl (C=O) groups is 1. The Morgan fingerprint density at radius 1 is 1.05 bits per heavy atom. The first-order valence-electron chi connectivity index (χ1n) is 13.9. The van der Waals surface area contributed by atoms with Crippen molar-refractivity contribution in [2.75, 3.05) is 23.9 Å². The third-order valence-corrected chi connectivity index (χ3v) is 8.17. The third kappa shape index (κ3) is 5.37. The molecule has 7 nitrogen and oxygen atoms in total. The average Bonchev–Trinajstić information content (AvgIpc) is 3.45. The van der Waals surface area contributed by atoms with Crippen molar-refractivity contribution in [3.63, 3.8) is 0 Å². The van der Waals surface area contributed by atoms with Gasteiger partial charge in [0.25, 0.3) is 0 Å². The lowest BCUT2D eigenvalue weighted by atomic mass is 9.96. The van der Waals surface area contributed by atoms with Crippen LogP contribution in [0.5, 0.6) is 0 Å². The molecular weight excluding hydrogens is 530 g/mol. The van der Waals surface area contributed by atoms with Gasteiger partial charge < -0.3 is 24.8 Å². The molecule has 3 heterocycles. The SMILES string of the molecule is CCc1cccc(C)c1-n1c(C)cc([C@H]2[C@@H](c3ccccn3)NC(=S)N2c2ccc(NC(=O)COC)c(C)c2)c1C. The second-order valence-corrected chi connectivity index (χ2v) is 11.0. The highest BCUT2D eigenvalue weighted by molar-refractivity contribution is 7.80. The van der Waals surface area contributed by atoms with E-state index in [0.717, 1.165) is 29.1 Å². The number of aryl methyl sites for hydroxylation is 4. The molecule has 41 heavy (non-hydrogen) atoms. The number of hydrogen-bond donors (Lipinski definition) is 2. The molecule has 0 radical (unpaired) electrons. The summed E-state index contributed by atoms with van der Waals surface area (Å²) >= 11 is 5.99. The van der Waals surface area contributed by atoms with Crippen molar-refractivity contribution >= 4 is 34.6 Å². The van der Waals surface area contributed by atoms with Crippen LogP contribution in [0.1, 0.15) is 58.3 Å². The number of rotatable bonds is 8. The molecule has 0 bridgehead atoms. The molecule has 2 atom stereocenters. The number of hydrogen-bond acceptors (Lipinski definition) is 4. The fourth-order valence-corrected chi connectivity index (χ4v) is 6.31. The van der Waals surface area contributed by atoms with Crippen LogP contribution in [0.3, 0.4) is 0 Å². The third-order valence-electron chi connectivity index (χ3n) is 7.85. The number of methoxy groups -OCH3 is 1. The molecule has 0 spiro atoms. The predicted molar refractivity (Wildman–Crippen MR) is 169 cm³/mol. The van der Waals surface area contributed by atoms with Gasteiger partial charge in [-0.05, 0) is 105 Å². The summed E-state index contributed by atoms with van der Waals surface area (Å²) < 4.78 is 7.36. The number of nitrogens with zero attached hydrogens (tertiary/aromatic N) is 3. The lowest BCUT2D eigenvalue weighted by molar-refractivity contribution is -0.119. The minimum atomic E-state index is -0.190. The molecule has 0 unspecified atom stereocenters. The van der Waals surface area contributed by atoms with Gasteiger partial charge in [0.15, 0.2) is 5.11 Å². The van der Waals surface area contributed by atoms with Gasteiger partial charge in [0.1, 0.15) is 6.61 Å². The van der Waals surface area contributed by atoms with Gasteiger partial charge in [0.05, 0.1) is 23.5 Å². The van der Waals surface area contributed by atoms with Crippen molar-refractivity contribution in [1.29, 1.82) is 0 Å². The minimum Gasteiger partial charge on any atom is -0.375 e. The fourth-order valence-electron chi connectivity index (χ4n) is 5.96. The second kappa shape index (κ2) is 11.8. The number of ether oxygens (including phenoxy) is 1. The molecule has 2 aromatic carbocycles. The number of aromatic nitrogens is 2. The zero-order valence-corrected chi connectivity index (χ0v) is 25.3. The van der Waals surface area contributed by atoms with E-state index in [1.165, 1.54) is 40.9 Å². The topological polar surface area (TPSA) is 71.4 Å². The van der Waals surface area contributed by atoms with E-state index in [2.05, 4.69) is 78.1 Å². The van der Waals surface area contributed by atoms with Crippen LogP contribution in [0.25, 0.3) is 5.69 Å². The lowest BCUT2D eigenvalue weighted by Crippen LogP contribution is -2.29. The lowest BCUT2D eigenvalue weighted by Gasteiger charge is -2.29. The van der Waals surface area contributed by atoms with Crippen molar-refractivity contribution in [2.45, 2.75) is 53.1 Å². The highest BCUT2D eigenvalue weighted by Gasteiger charge is 2.42. The van der Waals surface area contributed by atoms with E-state index in [0.29, 0.717) is 5.11 Å². The maximum absolute atomic E-state index is 12.2. The Balaban J connectivity index is 1.64. The molecule has 0 aliphatic carbocycles. The molecule has 5 rings (SSSR count). The van der Waals surface area contributed by atoms with E-state index in [1.807, 2.05) is 43.5 Å².